The first-order valence-corrected chi connectivity index (χ1v) is 8.64. The topological polar surface area (TPSA) is 85.3 Å². The maximum absolute atomic E-state index is 12.9. The Morgan fingerprint density at radius 1 is 1.26 bits per heavy atom. The third-order valence-corrected chi connectivity index (χ3v) is 4.46. The molecule has 2 aromatic rings. The minimum atomic E-state index is -0.703. The number of nitrogens with zero attached hydrogens (tertiary/aromatic N) is 1. The lowest BCUT2D eigenvalue weighted by molar-refractivity contribution is -0.140. The summed E-state index contributed by atoms with van der Waals surface area (Å²) in [6, 6.07) is 18.3. The van der Waals surface area contributed by atoms with E-state index in [1.165, 1.54) is 0 Å². The van der Waals surface area contributed by atoms with Crippen LogP contribution in [0.25, 0.3) is 0 Å². The molecule has 0 unspecified atom stereocenters. The molecule has 0 saturated carbocycles. The molecule has 0 aliphatic carbocycles. The quantitative estimate of drug-likeness (QED) is 0.805. The number of nitriles is 1. The van der Waals surface area contributed by atoms with Crippen LogP contribution in [-0.2, 0) is 20.9 Å². The van der Waals surface area contributed by atoms with Crippen LogP contribution in [0.1, 0.15) is 24.0 Å². The molecule has 0 spiro atoms. The maximum Gasteiger partial charge on any atom is 0.338 e. The highest BCUT2D eigenvalue weighted by Gasteiger charge is 2.36. The summed E-state index contributed by atoms with van der Waals surface area (Å²) in [4.78, 5) is 12.9. The van der Waals surface area contributed by atoms with Gasteiger partial charge in [-0.3, -0.25) is 0 Å². The van der Waals surface area contributed by atoms with Crippen LogP contribution in [0, 0.1) is 11.3 Å². The Kier molecular flexibility index (Phi) is 5.49. The Bertz CT molecular complexity index is 974. The molecule has 0 amide bonds. The highest BCUT2D eigenvalue weighted by Crippen LogP contribution is 2.40. The number of rotatable bonds is 4. The molecular formula is C21H17ClN2O3. The third-order valence-electron chi connectivity index (χ3n) is 4.22. The second-order valence-electron chi connectivity index (χ2n) is 6.01. The van der Waals surface area contributed by atoms with E-state index < -0.39 is 11.9 Å². The van der Waals surface area contributed by atoms with Crippen molar-refractivity contribution in [3.05, 3.63) is 93.5 Å². The summed E-state index contributed by atoms with van der Waals surface area (Å²) in [6.45, 7) is 1.73. The monoisotopic (exact) mass is 380 g/mol. The molecule has 3 rings (SSSR count). The summed E-state index contributed by atoms with van der Waals surface area (Å²) in [5.74, 6) is -0.999. The Morgan fingerprint density at radius 2 is 2.00 bits per heavy atom. The molecule has 5 nitrogen and oxygen atoms in total. The van der Waals surface area contributed by atoms with Gasteiger partial charge in [0.25, 0.3) is 0 Å². The van der Waals surface area contributed by atoms with Gasteiger partial charge in [0.05, 0.1) is 11.5 Å². The number of allylic oxidation sites excluding steroid dienone is 2. The molecule has 27 heavy (non-hydrogen) atoms. The van der Waals surface area contributed by atoms with Gasteiger partial charge in [-0.2, -0.15) is 5.26 Å². The van der Waals surface area contributed by atoms with Gasteiger partial charge in [-0.1, -0.05) is 54.1 Å². The fraction of sp³-hybridized carbons (Fsp3) is 0.143. The number of benzene rings is 2. The maximum atomic E-state index is 12.9. The lowest BCUT2D eigenvalue weighted by Crippen LogP contribution is -2.25. The summed E-state index contributed by atoms with van der Waals surface area (Å²) < 4.78 is 10.9. The van der Waals surface area contributed by atoms with Crippen LogP contribution in [0.3, 0.4) is 0 Å². The molecule has 6 heteroatoms. The standard InChI is InChI=1S/C21H17ClN2O3/c1-13-18(21(25)26-12-14-6-3-2-4-7-14)19(17(11-23)20(24)27-13)15-8-5-9-16(22)10-15/h2-10,19H,12,24H2,1H3/t19-/m0/s1. The summed E-state index contributed by atoms with van der Waals surface area (Å²) in [6.07, 6.45) is 0. The Labute approximate surface area is 162 Å². The molecule has 0 fully saturated rings. The highest BCUT2D eigenvalue weighted by atomic mass is 35.5. The first-order valence-electron chi connectivity index (χ1n) is 8.26. The lowest BCUT2D eigenvalue weighted by Gasteiger charge is -2.27. The minimum Gasteiger partial charge on any atom is -0.457 e. The van der Waals surface area contributed by atoms with Gasteiger partial charge in [0.15, 0.2) is 0 Å². The van der Waals surface area contributed by atoms with Crippen molar-refractivity contribution in [2.75, 3.05) is 0 Å². The first kappa shape index (κ1) is 18.6. The second kappa shape index (κ2) is 7.98. The van der Waals surface area contributed by atoms with Gasteiger partial charge in [0.2, 0.25) is 5.88 Å². The van der Waals surface area contributed by atoms with Crippen molar-refractivity contribution in [3.8, 4) is 6.07 Å². The van der Waals surface area contributed by atoms with Crippen LogP contribution < -0.4 is 5.73 Å². The smallest absolute Gasteiger partial charge is 0.338 e. The number of ether oxygens (including phenoxy) is 2. The normalized spacial score (nSPS) is 16.6. The fourth-order valence-electron chi connectivity index (χ4n) is 2.97. The predicted molar refractivity (Wildman–Crippen MR) is 101 cm³/mol. The SMILES string of the molecule is CC1=C(C(=O)OCc2ccccc2)[C@@H](c2cccc(Cl)c2)C(C#N)=C(N)O1. The van der Waals surface area contributed by atoms with Crippen molar-refractivity contribution in [3.63, 3.8) is 0 Å². The van der Waals surface area contributed by atoms with Gasteiger partial charge in [0, 0.05) is 5.02 Å². The van der Waals surface area contributed by atoms with E-state index in [0.29, 0.717) is 16.3 Å². The largest absolute Gasteiger partial charge is 0.457 e. The molecule has 2 N–H and O–H groups in total. The Hall–Kier alpha value is -3.23. The van der Waals surface area contributed by atoms with E-state index in [1.54, 1.807) is 31.2 Å². The molecule has 1 aliphatic heterocycles. The molecule has 1 aliphatic rings. The summed E-state index contributed by atoms with van der Waals surface area (Å²) >= 11 is 6.10. The zero-order chi connectivity index (χ0) is 19.4. The summed E-state index contributed by atoms with van der Waals surface area (Å²) in [7, 11) is 0. The molecule has 0 saturated heterocycles. The number of carbonyl (C=O) groups excluding carboxylic acids is 1. The van der Waals surface area contributed by atoms with E-state index in [4.69, 9.17) is 26.8 Å². The van der Waals surface area contributed by atoms with Gasteiger partial charge in [0.1, 0.15) is 24.0 Å². The summed E-state index contributed by atoms with van der Waals surface area (Å²) in [5.41, 5.74) is 7.79. The zero-order valence-corrected chi connectivity index (χ0v) is 15.4. The van der Waals surface area contributed by atoms with Gasteiger partial charge in [-0.25, -0.2) is 4.79 Å². The van der Waals surface area contributed by atoms with E-state index in [-0.39, 0.29) is 23.6 Å². The average Bonchev–Trinajstić information content (AvgIpc) is 2.66. The molecule has 1 heterocycles. The molecule has 0 radical (unpaired) electrons. The zero-order valence-electron chi connectivity index (χ0n) is 14.6. The Morgan fingerprint density at radius 3 is 2.67 bits per heavy atom. The van der Waals surface area contributed by atoms with E-state index in [2.05, 4.69) is 0 Å². The van der Waals surface area contributed by atoms with E-state index in [0.717, 1.165) is 5.56 Å². The number of esters is 1. The summed E-state index contributed by atoms with van der Waals surface area (Å²) in [5, 5.41) is 10.1. The van der Waals surface area contributed by atoms with Crippen molar-refractivity contribution in [1.29, 1.82) is 5.26 Å². The van der Waals surface area contributed by atoms with Crippen LogP contribution in [0.15, 0.2) is 77.4 Å². The number of hydrogen-bond acceptors (Lipinski definition) is 5. The van der Waals surface area contributed by atoms with Crippen molar-refractivity contribution in [2.24, 2.45) is 5.73 Å². The van der Waals surface area contributed by atoms with E-state index >= 15 is 0 Å². The Balaban J connectivity index is 1.96. The van der Waals surface area contributed by atoms with Gasteiger partial charge in [-0.05, 0) is 30.2 Å². The van der Waals surface area contributed by atoms with Gasteiger partial charge in [-0.15, -0.1) is 0 Å². The number of halogens is 1. The van der Waals surface area contributed by atoms with E-state index in [9.17, 15) is 10.1 Å². The fourth-order valence-corrected chi connectivity index (χ4v) is 3.17. The molecule has 2 aromatic carbocycles. The molecule has 0 aromatic heterocycles. The van der Waals surface area contributed by atoms with Crippen molar-refractivity contribution in [2.45, 2.75) is 19.4 Å². The molecule has 0 bridgehead atoms. The number of nitrogens with two attached hydrogens (primary N) is 1. The second-order valence-corrected chi connectivity index (χ2v) is 6.45. The van der Waals surface area contributed by atoms with Gasteiger partial charge >= 0.3 is 5.97 Å². The highest BCUT2D eigenvalue weighted by molar-refractivity contribution is 6.30. The minimum absolute atomic E-state index is 0.0282. The van der Waals surface area contributed by atoms with Crippen molar-refractivity contribution in [1.82, 2.24) is 0 Å². The first-order chi connectivity index (χ1) is 13.0. The molecule has 136 valence electrons. The number of hydrogen-bond donors (Lipinski definition) is 1. The third kappa shape index (κ3) is 3.97. The van der Waals surface area contributed by atoms with Crippen LogP contribution in [-0.4, -0.2) is 5.97 Å². The van der Waals surface area contributed by atoms with E-state index in [1.807, 2.05) is 36.4 Å². The van der Waals surface area contributed by atoms with Crippen LogP contribution in [0.4, 0.5) is 0 Å². The number of carbonyl (C=O) groups is 1. The van der Waals surface area contributed by atoms with Crippen LogP contribution in [0.2, 0.25) is 5.02 Å². The van der Waals surface area contributed by atoms with Crippen LogP contribution >= 0.6 is 11.6 Å². The molecular weight excluding hydrogens is 364 g/mol. The molecule has 1 atom stereocenters. The lowest BCUT2D eigenvalue weighted by atomic mass is 9.83. The van der Waals surface area contributed by atoms with Crippen LogP contribution in [0.5, 0.6) is 0 Å². The van der Waals surface area contributed by atoms with Crippen molar-refractivity contribution >= 4 is 17.6 Å². The predicted octanol–water partition coefficient (Wildman–Crippen LogP) is 4.17. The van der Waals surface area contributed by atoms with Gasteiger partial charge < -0.3 is 15.2 Å². The van der Waals surface area contributed by atoms with Crippen molar-refractivity contribution < 1.29 is 14.3 Å². The average molecular weight is 381 g/mol.